The van der Waals surface area contributed by atoms with Gasteiger partial charge in [-0.05, 0) is 12.2 Å². The van der Waals surface area contributed by atoms with E-state index in [4.69, 9.17) is 5.11 Å². The lowest BCUT2D eigenvalue weighted by Gasteiger charge is -2.23. The lowest BCUT2D eigenvalue weighted by atomic mass is 10.2. The minimum atomic E-state index is -1.32. The molecule has 0 rings (SSSR count). The molecule has 0 fully saturated rings. The molecule has 0 saturated carbocycles. The zero-order valence-corrected chi connectivity index (χ0v) is 8.81. The molecule has 5 nitrogen and oxygen atoms in total. The number of hydrogen-bond donors (Lipinski definition) is 2. The van der Waals surface area contributed by atoms with Gasteiger partial charge in [0.15, 0.2) is 0 Å². The van der Waals surface area contributed by atoms with Gasteiger partial charge in [0.25, 0.3) is 11.8 Å². The first-order valence-electron chi connectivity index (χ1n) is 3.95. The summed E-state index contributed by atoms with van der Waals surface area (Å²) in [5.74, 6) is -3.06. The highest BCUT2D eigenvalue weighted by atomic mass is 32.1. The Morgan fingerprint density at radius 2 is 1.67 bits per heavy atom. The highest BCUT2D eigenvalue weighted by Gasteiger charge is 2.30. The first kappa shape index (κ1) is 13.4. The molecule has 1 N–H and O–H groups in total. The fourth-order valence-electron chi connectivity index (χ4n) is 0.883. The van der Waals surface area contributed by atoms with E-state index in [1.54, 1.807) is 0 Å². The second kappa shape index (κ2) is 6.02. The SMILES string of the molecule is C=CC(=O)N(C(=O)C=C)[C@@H](CS)C(=O)O. The topological polar surface area (TPSA) is 74.7 Å². The van der Waals surface area contributed by atoms with Crippen molar-refractivity contribution in [3.8, 4) is 0 Å². The molecular weight excluding hydrogens is 218 g/mol. The van der Waals surface area contributed by atoms with Crippen molar-refractivity contribution in [2.75, 3.05) is 5.75 Å². The molecule has 6 heteroatoms. The molecule has 0 saturated heterocycles. The van der Waals surface area contributed by atoms with Gasteiger partial charge in [-0.2, -0.15) is 12.6 Å². The molecule has 0 aliphatic heterocycles. The molecule has 0 aromatic heterocycles. The number of carbonyl (C=O) groups excluding carboxylic acids is 2. The summed E-state index contributed by atoms with van der Waals surface area (Å²) < 4.78 is 0. The van der Waals surface area contributed by atoms with Crippen molar-refractivity contribution in [1.82, 2.24) is 4.90 Å². The van der Waals surface area contributed by atoms with Crippen molar-refractivity contribution in [3.05, 3.63) is 25.3 Å². The van der Waals surface area contributed by atoms with Crippen LogP contribution in [0.15, 0.2) is 25.3 Å². The summed E-state index contributed by atoms with van der Waals surface area (Å²) in [6, 6.07) is -1.32. The molecule has 82 valence electrons. The summed E-state index contributed by atoms with van der Waals surface area (Å²) in [7, 11) is 0. The van der Waals surface area contributed by atoms with Gasteiger partial charge in [0, 0.05) is 5.75 Å². The maximum atomic E-state index is 11.3. The van der Waals surface area contributed by atoms with Crippen LogP contribution in [-0.4, -0.2) is 39.6 Å². The van der Waals surface area contributed by atoms with E-state index in [1.807, 2.05) is 0 Å². The van der Waals surface area contributed by atoms with Crippen LogP contribution in [0.4, 0.5) is 0 Å². The number of amides is 2. The number of rotatable bonds is 5. The molecule has 0 aromatic carbocycles. The van der Waals surface area contributed by atoms with E-state index in [0.717, 1.165) is 12.2 Å². The molecule has 0 unspecified atom stereocenters. The van der Waals surface area contributed by atoms with Gasteiger partial charge < -0.3 is 5.11 Å². The zero-order chi connectivity index (χ0) is 12.0. The number of thiol groups is 1. The van der Waals surface area contributed by atoms with Crippen LogP contribution in [0.1, 0.15) is 0 Å². The number of aliphatic carboxylic acids is 1. The Labute approximate surface area is 92.5 Å². The fraction of sp³-hybridized carbons (Fsp3) is 0.222. The van der Waals surface area contributed by atoms with Crippen molar-refractivity contribution in [2.24, 2.45) is 0 Å². The van der Waals surface area contributed by atoms with Crippen molar-refractivity contribution in [1.29, 1.82) is 0 Å². The summed E-state index contributed by atoms with van der Waals surface area (Å²) in [5, 5.41) is 8.77. The van der Waals surface area contributed by atoms with Crippen molar-refractivity contribution >= 4 is 30.4 Å². The minimum Gasteiger partial charge on any atom is -0.480 e. The third-order valence-corrected chi connectivity index (χ3v) is 1.94. The molecule has 1 atom stereocenters. The van der Waals surface area contributed by atoms with E-state index in [2.05, 4.69) is 25.8 Å². The largest absolute Gasteiger partial charge is 0.480 e. The highest BCUT2D eigenvalue weighted by molar-refractivity contribution is 7.80. The Morgan fingerprint density at radius 1 is 1.27 bits per heavy atom. The second-order valence-electron chi connectivity index (χ2n) is 2.49. The third kappa shape index (κ3) is 3.25. The van der Waals surface area contributed by atoms with Crippen LogP contribution >= 0.6 is 12.6 Å². The van der Waals surface area contributed by atoms with Gasteiger partial charge in [-0.1, -0.05) is 13.2 Å². The van der Waals surface area contributed by atoms with E-state index >= 15 is 0 Å². The van der Waals surface area contributed by atoms with Crippen LogP contribution in [0.3, 0.4) is 0 Å². The lowest BCUT2D eigenvalue weighted by molar-refractivity contribution is -0.153. The molecule has 15 heavy (non-hydrogen) atoms. The van der Waals surface area contributed by atoms with Gasteiger partial charge in [0.05, 0.1) is 0 Å². The first-order chi connectivity index (χ1) is 6.99. The van der Waals surface area contributed by atoms with Crippen LogP contribution in [0.5, 0.6) is 0 Å². The number of hydrogen-bond acceptors (Lipinski definition) is 4. The number of carbonyl (C=O) groups is 3. The summed E-state index contributed by atoms with van der Waals surface area (Å²) in [6.45, 7) is 6.36. The molecule has 0 aliphatic carbocycles. The smallest absolute Gasteiger partial charge is 0.327 e. The van der Waals surface area contributed by atoms with Gasteiger partial charge in [0.2, 0.25) is 0 Å². The van der Waals surface area contributed by atoms with Gasteiger partial charge in [0.1, 0.15) is 6.04 Å². The average molecular weight is 229 g/mol. The third-order valence-electron chi connectivity index (χ3n) is 1.59. The van der Waals surface area contributed by atoms with Crippen LogP contribution in [-0.2, 0) is 14.4 Å². The standard InChI is InChI=1S/C9H11NO4S/c1-3-7(11)10(8(12)4-2)6(5-15)9(13)14/h3-4,6,15H,1-2,5H2,(H,13,14)/t6-/m0/s1. The Balaban J connectivity index is 5.15. The molecule has 0 radical (unpaired) electrons. The molecule has 0 aromatic rings. The normalized spacial score (nSPS) is 11.3. The summed E-state index contributed by atoms with van der Waals surface area (Å²) in [5.41, 5.74) is 0. The number of carboxylic acid groups (broad SMARTS) is 1. The molecule has 0 spiro atoms. The minimum absolute atomic E-state index is 0.172. The Hall–Kier alpha value is -1.56. The summed E-state index contributed by atoms with van der Waals surface area (Å²) in [6.07, 6.45) is 1.72. The molecule has 0 heterocycles. The van der Waals surface area contributed by atoms with Crippen molar-refractivity contribution in [2.45, 2.75) is 6.04 Å². The van der Waals surface area contributed by atoms with Gasteiger partial charge in [-0.25, -0.2) is 4.79 Å². The Bertz CT molecular complexity index is 293. The summed E-state index contributed by atoms with van der Waals surface area (Å²) >= 11 is 3.77. The van der Waals surface area contributed by atoms with E-state index in [-0.39, 0.29) is 5.75 Å². The maximum absolute atomic E-state index is 11.3. The van der Waals surface area contributed by atoms with E-state index in [9.17, 15) is 14.4 Å². The monoisotopic (exact) mass is 229 g/mol. The predicted octanol–water partition coefficient (Wildman–Crippen LogP) is 0.0966. The first-order valence-corrected chi connectivity index (χ1v) is 4.58. The second-order valence-corrected chi connectivity index (χ2v) is 2.86. The average Bonchev–Trinajstić information content (AvgIpc) is 2.23. The lowest BCUT2D eigenvalue weighted by Crippen LogP contribution is -2.48. The van der Waals surface area contributed by atoms with Crippen LogP contribution in [0.25, 0.3) is 0 Å². The maximum Gasteiger partial charge on any atom is 0.327 e. The van der Waals surface area contributed by atoms with Gasteiger partial charge in [-0.15, -0.1) is 0 Å². The van der Waals surface area contributed by atoms with Gasteiger partial charge >= 0.3 is 5.97 Å². The van der Waals surface area contributed by atoms with Crippen LogP contribution < -0.4 is 0 Å². The van der Waals surface area contributed by atoms with Crippen molar-refractivity contribution < 1.29 is 19.5 Å². The van der Waals surface area contributed by atoms with E-state index in [0.29, 0.717) is 4.90 Å². The van der Waals surface area contributed by atoms with Crippen LogP contribution in [0.2, 0.25) is 0 Å². The van der Waals surface area contributed by atoms with E-state index < -0.39 is 23.8 Å². The number of carboxylic acids is 1. The Kier molecular flexibility index (Phi) is 5.40. The molecular formula is C9H11NO4S. The molecule has 0 bridgehead atoms. The molecule has 2 amide bonds. The highest BCUT2D eigenvalue weighted by Crippen LogP contribution is 2.05. The predicted molar refractivity (Wildman–Crippen MR) is 57.5 cm³/mol. The van der Waals surface area contributed by atoms with E-state index in [1.165, 1.54) is 0 Å². The molecule has 0 aliphatic rings. The Morgan fingerprint density at radius 3 is 1.87 bits per heavy atom. The zero-order valence-electron chi connectivity index (χ0n) is 7.92. The quantitative estimate of drug-likeness (QED) is 0.518. The number of imide groups is 1. The van der Waals surface area contributed by atoms with Crippen LogP contribution in [0, 0.1) is 0 Å². The van der Waals surface area contributed by atoms with Gasteiger partial charge in [-0.3, -0.25) is 14.5 Å². The number of nitrogens with zero attached hydrogens (tertiary/aromatic N) is 1. The summed E-state index contributed by atoms with van der Waals surface area (Å²) in [4.78, 5) is 33.8. The fourth-order valence-corrected chi connectivity index (χ4v) is 1.20. The van der Waals surface area contributed by atoms with Crippen molar-refractivity contribution in [3.63, 3.8) is 0 Å².